The Balaban J connectivity index is 2.71. The van der Waals surface area contributed by atoms with Crippen LogP contribution in [0.1, 0.15) is 22.5 Å². The Morgan fingerprint density at radius 3 is 2.88 bits per heavy atom. The molecular weight excluding hydrogens is 226 g/mol. The first-order valence-corrected chi connectivity index (χ1v) is 5.97. The van der Waals surface area contributed by atoms with Gasteiger partial charge in [0.05, 0.1) is 23.4 Å². The van der Waals surface area contributed by atoms with Crippen molar-refractivity contribution in [3.63, 3.8) is 0 Å². The van der Waals surface area contributed by atoms with Crippen LogP contribution in [0.5, 0.6) is 0 Å². The number of aliphatic hydroxyl groups excluding tert-OH is 1. The molecule has 1 heterocycles. The van der Waals surface area contributed by atoms with Crippen molar-refractivity contribution in [1.82, 2.24) is 4.98 Å². The van der Waals surface area contributed by atoms with Gasteiger partial charge >= 0.3 is 5.97 Å². The van der Waals surface area contributed by atoms with Crippen LogP contribution in [0.2, 0.25) is 0 Å². The van der Waals surface area contributed by atoms with Crippen molar-refractivity contribution in [2.24, 2.45) is 0 Å². The first-order chi connectivity index (χ1) is 7.69. The van der Waals surface area contributed by atoms with E-state index in [-0.39, 0.29) is 12.6 Å². The summed E-state index contributed by atoms with van der Waals surface area (Å²) in [5.74, 6) is 0.456. The lowest BCUT2D eigenvalue weighted by Crippen LogP contribution is -2.05. The Morgan fingerprint density at radius 2 is 2.31 bits per heavy atom. The smallest absolute Gasteiger partial charge is 0.339 e. The van der Waals surface area contributed by atoms with Crippen molar-refractivity contribution in [2.45, 2.75) is 18.4 Å². The van der Waals surface area contributed by atoms with Gasteiger partial charge in [-0.1, -0.05) is 0 Å². The van der Waals surface area contributed by atoms with E-state index in [2.05, 4.69) is 9.72 Å². The summed E-state index contributed by atoms with van der Waals surface area (Å²) in [7, 11) is 1.35. The van der Waals surface area contributed by atoms with Gasteiger partial charge in [0.15, 0.2) is 0 Å². The molecular formula is C11H15NO3S. The topological polar surface area (TPSA) is 59.4 Å². The highest BCUT2D eigenvalue weighted by Crippen LogP contribution is 2.18. The average Bonchev–Trinajstić information content (AvgIpc) is 2.29. The summed E-state index contributed by atoms with van der Waals surface area (Å²) in [4.78, 5) is 15.6. The van der Waals surface area contributed by atoms with Crippen LogP contribution in [-0.2, 0) is 4.74 Å². The number of hydrogen-bond donors (Lipinski definition) is 1. The van der Waals surface area contributed by atoms with E-state index in [0.717, 1.165) is 17.2 Å². The number of hydrogen-bond acceptors (Lipinski definition) is 5. The van der Waals surface area contributed by atoms with Crippen molar-refractivity contribution in [1.29, 1.82) is 0 Å². The Labute approximate surface area is 99.0 Å². The zero-order chi connectivity index (χ0) is 12.0. The second-order valence-electron chi connectivity index (χ2n) is 3.20. The molecule has 0 aliphatic carbocycles. The molecule has 16 heavy (non-hydrogen) atoms. The fraction of sp³-hybridized carbons (Fsp3) is 0.455. The predicted octanol–water partition coefficient (Wildman–Crippen LogP) is 1.65. The molecule has 88 valence electrons. The number of rotatable bonds is 5. The Kier molecular flexibility index (Phi) is 5.28. The molecule has 1 aromatic rings. The third-order valence-electron chi connectivity index (χ3n) is 2.02. The van der Waals surface area contributed by atoms with Gasteiger partial charge in [-0.3, -0.25) is 0 Å². The molecule has 0 saturated heterocycles. The van der Waals surface area contributed by atoms with Crippen molar-refractivity contribution in [2.75, 3.05) is 19.5 Å². The number of esters is 1. The summed E-state index contributed by atoms with van der Waals surface area (Å²) in [5, 5.41) is 9.51. The normalized spacial score (nSPS) is 10.2. The highest BCUT2D eigenvalue weighted by molar-refractivity contribution is 7.99. The van der Waals surface area contributed by atoms with Crippen molar-refractivity contribution in [3.8, 4) is 0 Å². The van der Waals surface area contributed by atoms with E-state index in [1.165, 1.54) is 7.11 Å². The van der Waals surface area contributed by atoms with Gasteiger partial charge in [-0.2, -0.15) is 0 Å². The lowest BCUT2D eigenvalue weighted by molar-refractivity contribution is 0.0599. The molecule has 0 saturated carbocycles. The van der Waals surface area contributed by atoms with Crippen LogP contribution in [0, 0.1) is 6.92 Å². The lowest BCUT2D eigenvalue weighted by Gasteiger charge is -2.05. The average molecular weight is 241 g/mol. The largest absolute Gasteiger partial charge is 0.465 e. The number of pyridine rings is 1. The van der Waals surface area contributed by atoms with Gasteiger partial charge < -0.3 is 9.84 Å². The van der Waals surface area contributed by atoms with Crippen LogP contribution in [-0.4, -0.2) is 35.5 Å². The fourth-order valence-corrected chi connectivity index (χ4v) is 2.03. The Bertz CT molecular complexity index is 368. The first kappa shape index (κ1) is 13.0. The highest BCUT2D eigenvalue weighted by Gasteiger charge is 2.10. The molecule has 1 N–H and O–H groups in total. The van der Waals surface area contributed by atoms with E-state index in [0.29, 0.717) is 11.3 Å². The van der Waals surface area contributed by atoms with Crippen LogP contribution < -0.4 is 0 Å². The standard InChI is InChI=1S/C11H15NO3S/c1-8-9(11(14)15-2)4-5-10(12-8)16-7-3-6-13/h4-5,13H,3,6-7H2,1-2H3. The van der Waals surface area contributed by atoms with E-state index in [9.17, 15) is 4.79 Å². The maximum atomic E-state index is 11.3. The third-order valence-corrected chi connectivity index (χ3v) is 3.03. The predicted molar refractivity (Wildman–Crippen MR) is 62.7 cm³/mol. The summed E-state index contributed by atoms with van der Waals surface area (Å²) < 4.78 is 4.64. The maximum Gasteiger partial charge on any atom is 0.339 e. The van der Waals surface area contributed by atoms with Crippen molar-refractivity contribution < 1.29 is 14.6 Å². The van der Waals surface area contributed by atoms with Crippen LogP contribution >= 0.6 is 11.8 Å². The number of aryl methyl sites for hydroxylation is 1. The second kappa shape index (κ2) is 6.50. The van der Waals surface area contributed by atoms with E-state index < -0.39 is 0 Å². The van der Waals surface area contributed by atoms with Crippen molar-refractivity contribution >= 4 is 17.7 Å². The molecule has 0 spiro atoms. The van der Waals surface area contributed by atoms with E-state index in [4.69, 9.17) is 5.11 Å². The molecule has 0 amide bonds. The van der Waals surface area contributed by atoms with Gasteiger partial charge in [-0.05, 0) is 25.5 Å². The fourth-order valence-electron chi connectivity index (χ4n) is 1.19. The van der Waals surface area contributed by atoms with Gasteiger partial charge in [0.1, 0.15) is 0 Å². The minimum Gasteiger partial charge on any atom is -0.465 e. The molecule has 0 aromatic carbocycles. The van der Waals surface area contributed by atoms with Crippen LogP contribution in [0.4, 0.5) is 0 Å². The van der Waals surface area contributed by atoms with E-state index >= 15 is 0 Å². The summed E-state index contributed by atoms with van der Waals surface area (Å²) in [6, 6.07) is 3.51. The molecule has 0 aliphatic heterocycles. The van der Waals surface area contributed by atoms with Gasteiger partial charge in [0.2, 0.25) is 0 Å². The number of methoxy groups -OCH3 is 1. The highest BCUT2D eigenvalue weighted by atomic mass is 32.2. The third kappa shape index (κ3) is 3.50. The van der Waals surface area contributed by atoms with Gasteiger partial charge in [-0.15, -0.1) is 11.8 Å². The second-order valence-corrected chi connectivity index (χ2v) is 4.31. The Hall–Kier alpha value is -1.07. The zero-order valence-electron chi connectivity index (χ0n) is 9.40. The molecule has 5 heteroatoms. The molecule has 0 aliphatic rings. The maximum absolute atomic E-state index is 11.3. The van der Waals surface area contributed by atoms with Crippen LogP contribution in [0.3, 0.4) is 0 Å². The molecule has 4 nitrogen and oxygen atoms in total. The number of carbonyl (C=O) groups is 1. The van der Waals surface area contributed by atoms with Gasteiger partial charge in [0.25, 0.3) is 0 Å². The Morgan fingerprint density at radius 1 is 1.56 bits per heavy atom. The van der Waals surface area contributed by atoms with Gasteiger partial charge in [-0.25, -0.2) is 9.78 Å². The van der Waals surface area contributed by atoms with E-state index in [1.807, 2.05) is 0 Å². The number of aromatic nitrogens is 1. The monoisotopic (exact) mass is 241 g/mol. The number of carbonyl (C=O) groups excluding carboxylic acids is 1. The minimum absolute atomic E-state index is 0.187. The number of ether oxygens (including phenoxy) is 1. The molecule has 1 aromatic heterocycles. The molecule has 0 unspecified atom stereocenters. The SMILES string of the molecule is COC(=O)c1ccc(SCCCO)nc1C. The lowest BCUT2D eigenvalue weighted by atomic mass is 10.2. The molecule has 0 fully saturated rings. The molecule has 0 bridgehead atoms. The summed E-state index contributed by atoms with van der Waals surface area (Å²) >= 11 is 1.56. The van der Waals surface area contributed by atoms with Gasteiger partial charge in [0, 0.05) is 12.4 Å². The summed E-state index contributed by atoms with van der Waals surface area (Å²) in [6.07, 6.45) is 0.740. The first-order valence-electron chi connectivity index (χ1n) is 4.98. The zero-order valence-corrected chi connectivity index (χ0v) is 10.2. The molecule has 0 radical (unpaired) electrons. The molecule has 0 atom stereocenters. The number of aliphatic hydroxyl groups is 1. The number of thioether (sulfide) groups is 1. The summed E-state index contributed by atoms with van der Waals surface area (Å²) in [6.45, 7) is 1.97. The van der Waals surface area contributed by atoms with Crippen LogP contribution in [0.15, 0.2) is 17.2 Å². The quantitative estimate of drug-likeness (QED) is 0.482. The van der Waals surface area contributed by atoms with E-state index in [1.54, 1.807) is 30.8 Å². The van der Waals surface area contributed by atoms with Crippen molar-refractivity contribution in [3.05, 3.63) is 23.4 Å². The molecule has 1 rings (SSSR count). The number of nitrogens with zero attached hydrogens (tertiary/aromatic N) is 1. The summed E-state index contributed by atoms with van der Waals surface area (Å²) in [5.41, 5.74) is 1.16. The minimum atomic E-state index is -0.364. The van der Waals surface area contributed by atoms with Crippen LogP contribution in [0.25, 0.3) is 0 Å².